The first-order valence-corrected chi connectivity index (χ1v) is 12.9. The molecule has 0 saturated heterocycles. The van der Waals surface area contributed by atoms with E-state index >= 15 is 0 Å². The largest absolute Gasteiger partial charge is 0.449 e. The minimum absolute atomic E-state index is 0.0131. The van der Waals surface area contributed by atoms with Crippen molar-refractivity contribution in [2.45, 2.75) is 57.2 Å². The second-order valence-electron chi connectivity index (χ2n) is 10.9. The predicted octanol–water partition coefficient (Wildman–Crippen LogP) is 6.57. The zero-order chi connectivity index (χ0) is 26.0. The Bertz CT molecular complexity index is 1220. The van der Waals surface area contributed by atoms with Crippen LogP contribution in [0.5, 0.6) is 0 Å². The van der Waals surface area contributed by atoms with E-state index in [4.69, 9.17) is 9.47 Å². The number of fused-ring (bicyclic) bond motifs is 3. The van der Waals surface area contributed by atoms with Crippen molar-refractivity contribution in [3.8, 4) is 11.1 Å². The van der Waals surface area contributed by atoms with Gasteiger partial charge in [0.1, 0.15) is 12.2 Å². The highest BCUT2D eigenvalue weighted by Gasteiger charge is 2.41. The first kappa shape index (κ1) is 24.9. The molecule has 2 aliphatic rings. The fourth-order valence-electron chi connectivity index (χ4n) is 5.19. The van der Waals surface area contributed by atoms with Gasteiger partial charge in [0.05, 0.1) is 6.04 Å². The Morgan fingerprint density at radius 3 is 2.08 bits per heavy atom. The van der Waals surface area contributed by atoms with Crippen molar-refractivity contribution in [1.82, 2.24) is 10.6 Å². The molecule has 5 rings (SSSR count). The molecule has 0 heterocycles. The predicted molar refractivity (Wildman–Crippen MR) is 143 cm³/mol. The van der Waals surface area contributed by atoms with Gasteiger partial charge in [0.15, 0.2) is 0 Å². The van der Waals surface area contributed by atoms with Crippen molar-refractivity contribution in [2.75, 3.05) is 6.61 Å². The molecule has 0 spiro atoms. The molecule has 2 amide bonds. The summed E-state index contributed by atoms with van der Waals surface area (Å²) in [5.41, 5.74) is 5.25. The highest BCUT2D eigenvalue weighted by molar-refractivity contribution is 5.79. The Hall–Kier alpha value is -3.80. The molecule has 3 atom stereocenters. The third-order valence-corrected chi connectivity index (χ3v) is 7.00. The van der Waals surface area contributed by atoms with Crippen LogP contribution in [0, 0.1) is 5.92 Å². The van der Waals surface area contributed by atoms with E-state index in [2.05, 4.69) is 34.9 Å². The van der Waals surface area contributed by atoms with E-state index in [9.17, 15) is 9.59 Å². The zero-order valence-electron chi connectivity index (χ0n) is 21.6. The number of ether oxygens (including phenoxy) is 2. The Balaban J connectivity index is 1.21. The molecule has 0 radical (unpaired) electrons. The van der Waals surface area contributed by atoms with Crippen molar-refractivity contribution in [3.05, 3.63) is 95.6 Å². The van der Waals surface area contributed by atoms with E-state index < -0.39 is 17.8 Å². The number of amides is 2. The lowest BCUT2D eigenvalue weighted by molar-refractivity contribution is 0.0520. The quantitative estimate of drug-likeness (QED) is 0.386. The molecule has 3 aromatic rings. The van der Waals surface area contributed by atoms with Crippen LogP contribution in [0.3, 0.4) is 0 Å². The van der Waals surface area contributed by atoms with E-state index in [1.807, 2.05) is 75.4 Å². The topological polar surface area (TPSA) is 76.7 Å². The van der Waals surface area contributed by atoms with E-state index in [1.165, 1.54) is 22.3 Å². The van der Waals surface area contributed by atoms with Crippen LogP contribution in [0.1, 0.15) is 62.3 Å². The highest BCUT2D eigenvalue weighted by atomic mass is 16.6. The van der Waals surface area contributed by atoms with Gasteiger partial charge >= 0.3 is 12.2 Å². The summed E-state index contributed by atoms with van der Waals surface area (Å²) in [6.07, 6.45) is 0.720. The SMILES string of the molecule is CC(C)(C)OC(=O)N[C@H]1C[C@H]1C[C@H](NC(=O)OCC1c2ccccc2-c2ccccc21)c1ccccc1. The molecule has 1 fully saturated rings. The summed E-state index contributed by atoms with van der Waals surface area (Å²) in [4.78, 5) is 25.2. The summed E-state index contributed by atoms with van der Waals surface area (Å²) >= 11 is 0. The number of benzene rings is 3. The molecule has 37 heavy (non-hydrogen) atoms. The van der Waals surface area contributed by atoms with Gasteiger partial charge in [-0.1, -0.05) is 78.9 Å². The van der Waals surface area contributed by atoms with Gasteiger partial charge < -0.3 is 20.1 Å². The van der Waals surface area contributed by atoms with Crippen LogP contribution in [0.25, 0.3) is 11.1 Å². The molecule has 3 aromatic carbocycles. The van der Waals surface area contributed by atoms with Crippen molar-refractivity contribution < 1.29 is 19.1 Å². The maximum absolute atomic E-state index is 13.0. The second kappa shape index (κ2) is 10.3. The molecule has 0 bridgehead atoms. The number of rotatable bonds is 7. The molecule has 2 aliphatic carbocycles. The summed E-state index contributed by atoms with van der Waals surface area (Å²) < 4.78 is 11.2. The molecule has 0 unspecified atom stereocenters. The Kier molecular flexibility index (Phi) is 6.92. The number of hydrogen-bond acceptors (Lipinski definition) is 4. The highest BCUT2D eigenvalue weighted by Crippen LogP contribution is 2.44. The number of carbonyl (C=O) groups is 2. The van der Waals surface area contributed by atoms with Crippen LogP contribution in [-0.4, -0.2) is 30.4 Å². The minimum atomic E-state index is -0.535. The summed E-state index contributed by atoms with van der Waals surface area (Å²) in [6.45, 7) is 5.82. The third kappa shape index (κ3) is 5.96. The maximum atomic E-state index is 13.0. The van der Waals surface area contributed by atoms with E-state index in [1.54, 1.807) is 0 Å². The Morgan fingerprint density at radius 2 is 1.46 bits per heavy atom. The number of hydrogen-bond donors (Lipinski definition) is 2. The number of alkyl carbamates (subject to hydrolysis) is 2. The van der Waals surface area contributed by atoms with Crippen LogP contribution >= 0.6 is 0 Å². The maximum Gasteiger partial charge on any atom is 0.407 e. The van der Waals surface area contributed by atoms with Crippen LogP contribution in [-0.2, 0) is 9.47 Å². The molecule has 6 heteroatoms. The fraction of sp³-hybridized carbons (Fsp3) is 0.355. The Morgan fingerprint density at radius 1 is 0.865 bits per heavy atom. The lowest BCUT2D eigenvalue weighted by Crippen LogP contribution is -2.35. The van der Waals surface area contributed by atoms with Gasteiger partial charge in [-0.05, 0) is 67.3 Å². The molecular formula is C31H34N2O4. The van der Waals surface area contributed by atoms with Gasteiger partial charge in [0.25, 0.3) is 0 Å². The van der Waals surface area contributed by atoms with E-state index in [-0.39, 0.29) is 30.5 Å². The fourth-order valence-corrected chi connectivity index (χ4v) is 5.19. The molecule has 1 saturated carbocycles. The van der Waals surface area contributed by atoms with Gasteiger partial charge in [-0.25, -0.2) is 9.59 Å². The lowest BCUT2D eigenvalue weighted by Gasteiger charge is -2.21. The molecule has 0 aromatic heterocycles. The summed E-state index contributed by atoms with van der Waals surface area (Å²) in [5, 5.41) is 6.03. The minimum Gasteiger partial charge on any atom is -0.449 e. The van der Waals surface area contributed by atoms with Crippen molar-refractivity contribution in [1.29, 1.82) is 0 Å². The Labute approximate surface area is 218 Å². The van der Waals surface area contributed by atoms with Crippen LogP contribution in [0.2, 0.25) is 0 Å². The first-order valence-electron chi connectivity index (χ1n) is 12.9. The second-order valence-corrected chi connectivity index (χ2v) is 10.9. The van der Waals surface area contributed by atoms with Crippen molar-refractivity contribution >= 4 is 12.2 Å². The monoisotopic (exact) mass is 498 g/mol. The van der Waals surface area contributed by atoms with Gasteiger partial charge in [-0.2, -0.15) is 0 Å². The lowest BCUT2D eigenvalue weighted by atomic mass is 9.98. The van der Waals surface area contributed by atoms with Crippen LogP contribution in [0.15, 0.2) is 78.9 Å². The summed E-state index contributed by atoms with van der Waals surface area (Å²) in [5.74, 6) is 0.269. The van der Waals surface area contributed by atoms with Crippen LogP contribution < -0.4 is 10.6 Å². The number of carbonyl (C=O) groups excluding carboxylic acids is 2. The zero-order valence-corrected chi connectivity index (χ0v) is 21.6. The van der Waals surface area contributed by atoms with E-state index in [0.717, 1.165) is 12.0 Å². The van der Waals surface area contributed by atoms with Crippen molar-refractivity contribution in [2.24, 2.45) is 5.92 Å². The normalized spacial score (nSPS) is 18.8. The average Bonchev–Trinajstić information content (AvgIpc) is 3.51. The number of nitrogens with one attached hydrogen (secondary N) is 2. The standard InChI is InChI=1S/C31H34N2O4/c1-31(2,3)37-30(35)33-28-18-21(28)17-27(20-11-5-4-6-12-20)32-29(34)36-19-26-24-15-9-7-13-22(24)23-14-8-10-16-25(23)26/h4-16,21,26-28H,17-19H2,1-3H3,(H,32,34)(H,33,35)/t21-,27+,28+/m1/s1. The first-order chi connectivity index (χ1) is 17.8. The third-order valence-electron chi connectivity index (χ3n) is 7.00. The van der Waals surface area contributed by atoms with Gasteiger partial charge in [-0.3, -0.25) is 0 Å². The van der Waals surface area contributed by atoms with E-state index in [0.29, 0.717) is 6.42 Å². The molecule has 192 valence electrons. The molecule has 6 nitrogen and oxygen atoms in total. The summed E-state index contributed by atoms with van der Waals surface area (Å²) in [7, 11) is 0. The van der Waals surface area contributed by atoms with Gasteiger partial charge in [0.2, 0.25) is 0 Å². The summed E-state index contributed by atoms with van der Waals surface area (Å²) in [6, 6.07) is 26.3. The molecule has 0 aliphatic heterocycles. The van der Waals surface area contributed by atoms with Gasteiger partial charge in [-0.15, -0.1) is 0 Å². The molecular weight excluding hydrogens is 464 g/mol. The van der Waals surface area contributed by atoms with Crippen molar-refractivity contribution in [3.63, 3.8) is 0 Å². The molecule has 2 N–H and O–H groups in total. The average molecular weight is 499 g/mol. The van der Waals surface area contributed by atoms with Crippen LogP contribution in [0.4, 0.5) is 9.59 Å². The van der Waals surface area contributed by atoms with Gasteiger partial charge in [0, 0.05) is 12.0 Å². The smallest absolute Gasteiger partial charge is 0.407 e.